The molecular weight excluding hydrogens is 328 g/mol. The van der Waals surface area contributed by atoms with Crippen LogP contribution in [0.15, 0.2) is 48.5 Å². The van der Waals surface area contributed by atoms with E-state index in [4.69, 9.17) is 4.74 Å². The van der Waals surface area contributed by atoms with Crippen LogP contribution in [0.4, 0.5) is 0 Å². The maximum absolute atomic E-state index is 12.3. The van der Waals surface area contributed by atoms with Crippen LogP contribution < -0.4 is 0 Å². The van der Waals surface area contributed by atoms with Gasteiger partial charge < -0.3 is 4.74 Å². The number of carbonyl (C=O) groups excluding carboxylic acids is 2. The summed E-state index contributed by atoms with van der Waals surface area (Å²) in [5, 5.41) is 6.33. The summed E-state index contributed by atoms with van der Waals surface area (Å²) in [6.07, 6.45) is 2.99. The molecule has 0 saturated heterocycles. The zero-order valence-electron chi connectivity index (χ0n) is 15.0. The molecular formula is C21H20N2O3. The lowest BCUT2D eigenvalue weighted by molar-refractivity contribution is -0.136. The van der Waals surface area contributed by atoms with Gasteiger partial charge in [0.1, 0.15) is 0 Å². The van der Waals surface area contributed by atoms with Crippen LogP contribution in [-0.4, -0.2) is 28.1 Å². The van der Waals surface area contributed by atoms with Crippen molar-refractivity contribution in [1.82, 2.24) is 9.78 Å². The van der Waals surface area contributed by atoms with Crippen LogP contribution in [0, 0.1) is 13.8 Å². The van der Waals surface area contributed by atoms with Crippen molar-refractivity contribution in [3.63, 3.8) is 0 Å². The second kappa shape index (κ2) is 7.35. The first-order valence-electron chi connectivity index (χ1n) is 8.33. The Labute approximate surface area is 151 Å². The van der Waals surface area contributed by atoms with E-state index in [1.165, 1.54) is 6.08 Å². The molecule has 0 atom stereocenters. The van der Waals surface area contributed by atoms with E-state index in [1.54, 1.807) is 16.8 Å². The van der Waals surface area contributed by atoms with Gasteiger partial charge in [-0.05, 0) is 36.8 Å². The molecule has 1 aromatic heterocycles. The Morgan fingerprint density at radius 2 is 1.85 bits per heavy atom. The molecule has 0 fully saturated rings. The van der Waals surface area contributed by atoms with Gasteiger partial charge in [0.2, 0.25) is 0 Å². The van der Waals surface area contributed by atoms with Gasteiger partial charge in [-0.1, -0.05) is 36.4 Å². The first kappa shape index (κ1) is 17.6. The van der Waals surface area contributed by atoms with E-state index in [0.717, 1.165) is 27.7 Å². The lowest BCUT2D eigenvalue weighted by atomic mass is 10.0. The Morgan fingerprint density at radius 1 is 1.12 bits per heavy atom. The van der Waals surface area contributed by atoms with Crippen molar-refractivity contribution in [2.45, 2.75) is 13.8 Å². The number of carbonyl (C=O) groups is 2. The van der Waals surface area contributed by atoms with E-state index in [0.29, 0.717) is 5.56 Å². The minimum atomic E-state index is -0.554. The Bertz CT molecular complexity index is 1020. The van der Waals surface area contributed by atoms with E-state index in [9.17, 15) is 9.59 Å². The highest BCUT2D eigenvalue weighted by molar-refractivity contribution is 6.01. The first-order valence-corrected chi connectivity index (χ1v) is 8.33. The summed E-state index contributed by atoms with van der Waals surface area (Å²) < 4.78 is 6.83. The molecule has 0 amide bonds. The number of benzene rings is 2. The van der Waals surface area contributed by atoms with E-state index in [1.807, 2.05) is 57.3 Å². The van der Waals surface area contributed by atoms with E-state index < -0.39 is 5.97 Å². The molecule has 0 spiro atoms. The Hall–Kier alpha value is -3.21. The van der Waals surface area contributed by atoms with Crippen molar-refractivity contribution in [1.29, 1.82) is 0 Å². The van der Waals surface area contributed by atoms with Crippen LogP contribution >= 0.6 is 0 Å². The van der Waals surface area contributed by atoms with Crippen molar-refractivity contribution < 1.29 is 14.3 Å². The minimum absolute atomic E-state index is 0.230. The van der Waals surface area contributed by atoms with Crippen molar-refractivity contribution in [2.75, 3.05) is 6.61 Å². The molecule has 0 aliphatic heterocycles. The molecule has 3 rings (SSSR count). The number of hydrogen-bond donors (Lipinski definition) is 0. The Morgan fingerprint density at radius 3 is 2.54 bits per heavy atom. The van der Waals surface area contributed by atoms with Crippen molar-refractivity contribution >= 4 is 28.6 Å². The lowest BCUT2D eigenvalue weighted by Gasteiger charge is -2.04. The summed E-state index contributed by atoms with van der Waals surface area (Å²) in [5.74, 6) is -0.784. The summed E-state index contributed by atoms with van der Waals surface area (Å²) in [6, 6.07) is 13.2. The molecule has 0 N–H and O–H groups in total. The third kappa shape index (κ3) is 3.72. The van der Waals surface area contributed by atoms with E-state index in [-0.39, 0.29) is 12.4 Å². The molecule has 0 unspecified atom stereocenters. The second-order valence-corrected chi connectivity index (χ2v) is 6.13. The number of rotatable bonds is 5. The Balaban J connectivity index is 1.63. The topological polar surface area (TPSA) is 61.2 Å². The summed E-state index contributed by atoms with van der Waals surface area (Å²) in [6.45, 7) is 3.52. The third-order valence-corrected chi connectivity index (χ3v) is 4.37. The number of hydrogen-bond acceptors (Lipinski definition) is 4. The average Bonchev–Trinajstić information content (AvgIpc) is 2.89. The number of ether oxygens (including phenoxy) is 1. The number of Topliss-reactive ketones (excluding diaryl/α,β-unsaturated/α-hetero) is 1. The van der Waals surface area contributed by atoms with Gasteiger partial charge in [-0.3, -0.25) is 9.48 Å². The number of aromatic nitrogens is 2. The van der Waals surface area contributed by atoms with Gasteiger partial charge in [-0.15, -0.1) is 0 Å². The maximum atomic E-state index is 12.3. The molecule has 0 aliphatic rings. The van der Waals surface area contributed by atoms with Crippen LogP contribution in [0.25, 0.3) is 16.8 Å². The molecule has 2 aromatic carbocycles. The van der Waals surface area contributed by atoms with Gasteiger partial charge in [0.15, 0.2) is 12.4 Å². The number of fused-ring (bicyclic) bond motifs is 1. The largest absolute Gasteiger partial charge is 0.454 e. The number of nitrogens with zero attached hydrogens (tertiary/aromatic N) is 2. The highest BCUT2D eigenvalue weighted by Crippen LogP contribution is 2.16. The summed E-state index contributed by atoms with van der Waals surface area (Å²) in [4.78, 5) is 24.2. The zero-order valence-corrected chi connectivity index (χ0v) is 15.0. The fraction of sp³-hybridized carbons (Fsp3) is 0.190. The van der Waals surface area contributed by atoms with Crippen LogP contribution in [0.5, 0.6) is 0 Å². The highest BCUT2D eigenvalue weighted by Gasteiger charge is 2.10. The van der Waals surface area contributed by atoms with Crippen LogP contribution in [0.1, 0.15) is 27.3 Å². The van der Waals surface area contributed by atoms with Gasteiger partial charge in [-0.2, -0.15) is 5.10 Å². The van der Waals surface area contributed by atoms with Gasteiger partial charge in [0, 0.05) is 29.9 Å². The zero-order chi connectivity index (χ0) is 18.7. The van der Waals surface area contributed by atoms with Crippen molar-refractivity contribution in [2.24, 2.45) is 7.05 Å². The molecule has 26 heavy (non-hydrogen) atoms. The van der Waals surface area contributed by atoms with Crippen molar-refractivity contribution in [3.05, 3.63) is 71.1 Å². The fourth-order valence-corrected chi connectivity index (χ4v) is 2.81. The van der Waals surface area contributed by atoms with Gasteiger partial charge >= 0.3 is 5.97 Å². The van der Waals surface area contributed by atoms with Gasteiger partial charge in [-0.25, -0.2) is 4.79 Å². The standard InChI is InChI=1S/C21H20N2O3/c1-14-19(15(2)23(3)22-14)10-11-21(25)26-13-20(24)18-9-8-16-6-4-5-7-17(16)12-18/h4-12H,13H2,1-3H3/b11-10-. The normalized spacial score (nSPS) is 11.2. The smallest absolute Gasteiger partial charge is 0.331 e. The molecule has 0 aliphatic carbocycles. The summed E-state index contributed by atoms with van der Waals surface area (Å²) in [5.41, 5.74) is 3.20. The Kier molecular flexibility index (Phi) is 4.98. The minimum Gasteiger partial charge on any atom is -0.454 e. The SMILES string of the molecule is Cc1nn(C)c(C)c1/C=C\C(=O)OCC(=O)c1ccc2ccccc2c1. The van der Waals surface area contributed by atoms with Crippen LogP contribution in [0.2, 0.25) is 0 Å². The molecule has 5 heteroatoms. The monoisotopic (exact) mass is 348 g/mol. The molecule has 0 radical (unpaired) electrons. The second-order valence-electron chi connectivity index (χ2n) is 6.13. The van der Waals surface area contributed by atoms with Gasteiger partial charge in [0.25, 0.3) is 0 Å². The third-order valence-electron chi connectivity index (χ3n) is 4.37. The molecule has 0 bridgehead atoms. The highest BCUT2D eigenvalue weighted by atomic mass is 16.5. The average molecular weight is 348 g/mol. The van der Waals surface area contributed by atoms with E-state index >= 15 is 0 Å². The number of aryl methyl sites for hydroxylation is 2. The molecule has 0 saturated carbocycles. The lowest BCUT2D eigenvalue weighted by Crippen LogP contribution is -2.12. The van der Waals surface area contributed by atoms with Gasteiger partial charge in [0.05, 0.1) is 5.69 Å². The van der Waals surface area contributed by atoms with Crippen LogP contribution in [0.3, 0.4) is 0 Å². The number of ketones is 1. The predicted octanol–water partition coefficient (Wildman–Crippen LogP) is 3.63. The molecule has 1 heterocycles. The number of esters is 1. The first-order chi connectivity index (χ1) is 12.5. The van der Waals surface area contributed by atoms with E-state index in [2.05, 4.69) is 5.10 Å². The molecule has 5 nitrogen and oxygen atoms in total. The fourth-order valence-electron chi connectivity index (χ4n) is 2.81. The summed E-state index contributed by atoms with van der Waals surface area (Å²) >= 11 is 0. The predicted molar refractivity (Wildman–Crippen MR) is 101 cm³/mol. The quantitative estimate of drug-likeness (QED) is 0.401. The summed E-state index contributed by atoms with van der Waals surface area (Å²) in [7, 11) is 1.85. The van der Waals surface area contributed by atoms with Crippen molar-refractivity contribution in [3.8, 4) is 0 Å². The maximum Gasteiger partial charge on any atom is 0.331 e. The molecule has 3 aromatic rings. The molecule has 132 valence electrons. The van der Waals surface area contributed by atoms with Crippen LogP contribution in [-0.2, 0) is 16.6 Å².